The summed E-state index contributed by atoms with van der Waals surface area (Å²) in [6.45, 7) is 4.44. The number of thioether (sulfide) groups is 1. The molecule has 7 nitrogen and oxygen atoms in total. The molecule has 4 rings (SSSR count). The first-order chi connectivity index (χ1) is 15.6. The summed E-state index contributed by atoms with van der Waals surface area (Å²) in [4.78, 5) is 17.0. The second kappa shape index (κ2) is 9.54. The van der Waals surface area contributed by atoms with E-state index in [4.69, 9.17) is 0 Å². The number of para-hydroxylation sites is 1. The lowest BCUT2D eigenvalue weighted by atomic mass is 10.2. The van der Waals surface area contributed by atoms with E-state index in [1.54, 1.807) is 11.0 Å². The fraction of sp³-hybridized carbons (Fsp3) is 0.167. The number of amides is 1. The third-order valence-corrected chi connectivity index (χ3v) is 6.06. The summed E-state index contributed by atoms with van der Waals surface area (Å²) >= 11 is 1.25. The lowest BCUT2D eigenvalue weighted by molar-refractivity contribution is -0.113. The highest BCUT2D eigenvalue weighted by molar-refractivity contribution is 7.99. The summed E-state index contributed by atoms with van der Waals surface area (Å²) in [5.74, 6) is 0.451. The molecule has 0 radical (unpaired) electrons. The lowest BCUT2D eigenvalue weighted by Crippen LogP contribution is -2.18. The topological polar surface area (TPSA) is 88.5 Å². The standard InChI is InChI=1S/C24H22N6OS/c1-17-18(2)29(14-19-9-5-3-6-10-19)23(21(17)13-25)27-22(31)15-32-24-26-16-30(28-24)20-11-7-4-8-12-20/h3-12,16H,14-15H2,1-2H3,(H,27,31). The van der Waals surface area contributed by atoms with Crippen LogP contribution in [0.5, 0.6) is 0 Å². The van der Waals surface area contributed by atoms with Crippen molar-refractivity contribution in [1.82, 2.24) is 19.3 Å². The number of nitrogens with zero attached hydrogens (tertiary/aromatic N) is 5. The number of nitriles is 1. The molecule has 0 fully saturated rings. The van der Waals surface area contributed by atoms with Crippen LogP contribution in [0.2, 0.25) is 0 Å². The quantitative estimate of drug-likeness (QED) is 0.430. The molecule has 2 aromatic heterocycles. The first-order valence-corrected chi connectivity index (χ1v) is 11.1. The minimum Gasteiger partial charge on any atom is -0.326 e. The van der Waals surface area contributed by atoms with Gasteiger partial charge >= 0.3 is 0 Å². The highest BCUT2D eigenvalue weighted by Gasteiger charge is 2.20. The van der Waals surface area contributed by atoms with Gasteiger partial charge < -0.3 is 9.88 Å². The molecule has 2 heterocycles. The number of nitrogens with one attached hydrogen (secondary N) is 1. The monoisotopic (exact) mass is 442 g/mol. The average molecular weight is 443 g/mol. The molecule has 0 bridgehead atoms. The number of benzene rings is 2. The second-order valence-corrected chi connectivity index (χ2v) is 8.20. The fourth-order valence-corrected chi connectivity index (χ4v) is 4.01. The SMILES string of the molecule is Cc1c(C#N)c(NC(=O)CSc2ncn(-c3ccccc3)n2)n(Cc2ccccc2)c1C. The fourth-order valence-electron chi connectivity index (χ4n) is 3.41. The van der Waals surface area contributed by atoms with Gasteiger partial charge in [-0.25, -0.2) is 9.67 Å². The van der Waals surface area contributed by atoms with Gasteiger partial charge in [-0.15, -0.1) is 5.10 Å². The highest BCUT2D eigenvalue weighted by Crippen LogP contribution is 2.27. The first-order valence-electron chi connectivity index (χ1n) is 10.1. The normalized spacial score (nSPS) is 10.7. The van der Waals surface area contributed by atoms with Crippen molar-refractivity contribution >= 4 is 23.5 Å². The molecule has 0 aliphatic heterocycles. The Bertz CT molecular complexity index is 1270. The van der Waals surface area contributed by atoms with Gasteiger partial charge in [0.15, 0.2) is 0 Å². The number of rotatable bonds is 7. The molecular weight excluding hydrogens is 420 g/mol. The molecular formula is C24H22N6OS. The van der Waals surface area contributed by atoms with E-state index in [0.29, 0.717) is 23.1 Å². The van der Waals surface area contributed by atoms with Crippen LogP contribution in [0.1, 0.15) is 22.4 Å². The molecule has 0 unspecified atom stereocenters. The molecule has 4 aromatic rings. The van der Waals surface area contributed by atoms with Gasteiger partial charge in [-0.3, -0.25) is 4.79 Å². The van der Waals surface area contributed by atoms with Gasteiger partial charge in [0.2, 0.25) is 11.1 Å². The van der Waals surface area contributed by atoms with E-state index in [9.17, 15) is 10.1 Å². The Hall–Kier alpha value is -3.83. The van der Waals surface area contributed by atoms with Gasteiger partial charge in [-0.2, -0.15) is 5.26 Å². The van der Waals surface area contributed by atoms with Crippen LogP contribution in [0.4, 0.5) is 5.82 Å². The number of aromatic nitrogens is 4. The van der Waals surface area contributed by atoms with Crippen LogP contribution in [0.3, 0.4) is 0 Å². The van der Waals surface area contributed by atoms with Gasteiger partial charge in [-0.05, 0) is 37.1 Å². The minimum atomic E-state index is -0.214. The number of carbonyl (C=O) groups excluding carboxylic acids is 1. The smallest absolute Gasteiger partial charge is 0.235 e. The molecule has 0 saturated heterocycles. The predicted molar refractivity (Wildman–Crippen MR) is 125 cm³/mol. The Balaban J connectivity index is 1.48. The van der Waals surface area contributed by atoms with Crippen molar-refractivity contribution in [3.05, 3.63) is 89.4 Å². The molecule has 0 aliphatic rings. The van der Waals surface area contributed by atoms with Crippen LogP contribution in [0.25, 0.3) is 5.69 Å². The van der Waals surface area contributed by atoms with Crippen LogP contribution in [-0.2, 0) is 11.3 Å². The van der Waals surface area contributed by atoms with E-state index < -0.39 is 0 Å². The number of hydrogen-bond donors (Lipinski definition) is 1. The van der Waals surface area contributed by atoms with Crippen molar-refractivity contribution in [2.24, 2.45) is 0 Å². The Kier molecular flexibility index (Phi) is 6.38. The average Bonchev–Trinajstić information content (AvgIpc) is 3.38. The van der Waals surface area contributed by atoms with Crippen LogP contribution >= 0.6 is 11.8 Å². The van der Waals surface area contributed by atoms with Crippen LogP contribution in [0, 0.1) is 25.2 Å². The van der Waals surface area contributed by atoms with Gasteiger partial charge in [0.1, 0.15) is 18.2 Å². The van der Waals surface area contributed by atoms with Gasteiger partial charge in [0.25, 0.3) is 0 Å². The van der Waals surface area contributed by atoms with Gasteiger partial charge in [-0.1, -0.05) is 60.3 Å². The zero-order valence-corrected chi connectivity index (χ0v) is 18.6. The summed E-state index contributed by atoms with van der Waals surface area (Å²) in [7, 11) is 0. The third-order valence-electron chi connectivity index (χ3n) is 5.21. The molecule has 0 spiro atoms. The second-order valence-electron chi connectivity index (χ2n) is 7.26. The Labute approximate surface area is 190 Å². The largest absolute Gasteiger partial charge is 0.326 e. The number of anilines is 1. The first kappa shape index (κ1) is 21.4. The zero-order valence-electron chi connectivity index (χ0n) is 17.8. The molecule has 2 aromatic carbocycles. The van der Waals surface area contributed by atoms with E-state index in [1.807, 2.05) is 79.1 Å². The summed E-state index contributed by atoms with van der Waals surface area (Å²) in [6, 6.07) is 21.9. The molecule has 160 valence electrons. The maximum absolute atomic E-state index is 12.7. The van der Waals surface area contributed by atoms with Crippen LogP contribution < -0.4 is 5.32 Å². The zero-order chi connectivity index (χ0) is 22.5. The third kappa shape index (κ3) is 4.58. The molecule has 32 heavy (non-hydrogen) atoms. The van der Waals surface area contributed by atoms with Crippen LogP contribution in [0.15, 0.2) is 72.1 Å². The molecule has 0 aliphatic carbocycles. The van der Waals surface area contributed by atoms with Crippen molar-refractivity contribution < 1.29 is 4.79 Å². The maximum Gasteiger partial charge on any atom is 0.235 e. The number of carbonyl (C=O) groups is 1. The Morgan fingerprint density at radius 3 is 2.47 bits per heavy atom. The van der Waals surface area contributed by atoms with Crippen molar-refractivity contribution in [1.29, 1.82) is 5.26 Å². The van der Waals surface area contributed by atoms with Crippen molar-refractivity contribution in [3.8, 4) is 11.8 Å². The molecule has 1 amide bonds. The predicted octanol–water partition coefficient (Wildman–Crippen LogP) is 4.34. The van der Waals surface area contributed by atoms with E-state index in [1.165, 1.54) is 11.8 Å². The Morgan fingerprint density at radius 1 is 1.09 bits per heavy atom. The van der Waals surface area contributed by atoms with Crippen molar-refractivity contribution in [3.63, 3.8) is 0 Å². The number of hydrogen-bond acceptors (Lipinski definition) is 5. The van der Waals surface area contributed by atoms with Crippen molar-refractivity contribution in [2.45, 2.75) is 25.5 Å². The summed E-state index contributed by atoms with van der Waals surface area (Å²) in [5.41, 5.74) is 4.31. The van der Waals surface area contributed by atoms with Crippen LogP contribution in [-0.4, -0.2) is 31.0 Å². The van der Waals surface area contributed by atoms with Gasteiger partial charge in [0.05, 0.1) is 17.0 Å². The van der Waals surface area contributed by atoms with E-state index in [2.05, 4.69) is 21.5 Å². The summed E-state index contributed by atoms with van der Waals surface area (Å²) in [5, 5.41) is 17.6. The maximum atomic E-state index is 12.7. The summed E-state index contributed by atoms with van der Waals surface area (Å²) in [6.07, 6.45) is 1.63. The van der Waals surface area contributed by atoms with Crippen molar-refractivity contribution in [2.75, 3.05) is 11.1 Å². The highest BCUT2D eigenvalue weighted by atomic mass is 32.2. The molecule has 1 N–H and O–H groups in total. The lowest BCUT2D eigenvalue weighted by Gasteiger charge is -2.13. The minimum absolute atomic E-state index is 0.137. The van der Waals surface area contributed by atoms with Gasteiger partial charge in [0, 0.05) is 12.2 Å². The molecule has 0 saturated carbocycles. The molecule has 0 atom stereocenters. The van der Waals surface area contributed by atoms with E-state index in [-0.39, 0.29) is 11.7 Å². The molecule has 8 heteroatoms. The van der Waals surface area contributed by atoms with E-state index in [0.717, 1.165) is 22.5 Å². The van der Waals surface area contributed by atoms with E-state index >= 15 is 0 Å². The summed E-state index contributed by atoms with van der Waals surface area (Å²) < 4.78 is 3.65. The Morgan fingerprint density at radius 2 is 1.78 bits per heavy atom.